The molecule has 2 aliphatic rings. The van der Waals surface area contributed by atoms with E-state index >= 15 is 0 Å². The number of ether oxygens (including phenoxy) is 2. The van der Waals surface area contributed by atoms with Crippen molar-refractivity contribution in [1.29, 1.82) is 0 Å². The lowest BCUT2D eigenvalue weighted by Gasteiger charge is -2.25. The molecule has 1 aromatic rings. The van der Waals surface area contributed by atoms with E-state index in [4.69, 9.17) is 27.5 Å². The topological polar surface area (TPSA) is 55.8 Å². The lowest BCUT2D eigenvalue weighted by atomic mass is 9.89. The molecule has 1 aromatic carbocycles. The molecule has 1 saturated heterocycles. The van der Waals surface area contributed by atoms with E-state index in [1.807, 2.05) is 6.92 Å². The Morgan fingerprint density at radius 2 is 2.03 bits per heavy atom. The van der Waals surface area contributed by atoms with Crippen molar-refractivity contribution < 1.29 is 19.1 Å². The summed E-state index contributed by atoms with van der Waals surface area (Å²) in [6.45, 7) is 2.84. The molecular weight excluding hydrogens is 410 g/mol. The van der Waals surface area contributed by atoms with Crippen molar-refractivity contribution in [1.82, 2.24) is 4.90 Å². The van der Waals surface area contributed by atoms with Gasteiger partial charge in [0.25, 0.3) is 11.1 Å². The molecule has 3 rings (SSSR count). The first kappa shape index (κ1) is 21.6. The fraction of sp³-hybridized carbons (Fsp3) is 0.455. The van der Waals surface area contributed by atoms with Crippen LogP contribution in [0.4, 0.5) is 4.79 Å². The smallest absolute Gasteiger partial charge is 0.293 e. The standard InChI is InChI=1S/C22H24ClNO4S/c1-3-10-28-20-17(23)11-16(12-18(20)27-4-2)13-19-21(25)24(22(26)29-19)14-15-8-6-5-7-9-15/h1,11-13,15H,4-10,14H2,2H3/b19-13+. The Morgan fingerprint density at radius 3 is 2.72 bits per heavy atom. The highest BCUT2D eigenvalue weighted by Gasteiger charge is 2.36. The molecule has 1 saturated carbocycles. The van der Waals surface area contributed by atoms with Crippen LogP contribution in [0.2, 0.25) is 5.02 Å². The maximum atomic E-state index is 12.8. The van der Waals surface area contributed by atoms with Gasteiger partial charge in [0, 0.05) is 6.54 Å². The number of benzene rings is 1. The zero-order valence-corrected chi connectivity index (χ0v) is 18.0. The average molecular weight is 434 g/mol. The Hall–Kier alpha value is -2.10. The van der Waals surface area contributed by atoms with Crippen LogP contribution in [0.3, 0.4) is 0 Å². The zero-order valence-electron chi connectivity index (χ0n) is 16.4. The first-order valence-corrected chi connectivity index (χ1v) is 11.0. The van der Waals surface area contributed by atoms with Crippen molar-refractivity contribution in [2.45, 2.75) is 39.0 Å². The van der Waals surface area contributed by atoms with Gasteiger partial charge in [0.05, 0.1) is 16.5 Å². The SMILES string of the molecule is C#CCOc1c(Cl)cc(/C=C2/SC(=O)N(CC3CCCCC3)C2=O)cc1OCC. The van der Waals surface area contributed by atoms with Crippen LogP contribution in [0.25, 0.3) is 6.08 Å². The number of halogens is 1. The first-order valence-electron chi connectivity index (χ1n) is 9.81. The van der Waals surface area contributed by atoms with E-state index in [2.05, 4.69) is 5.92 Å². The fourth-order valence-corrected chi connectivity index (χ4v) is 4.75. The van der Waals surface area contributed by atoms with Crippen LogP contribution in [0.5, 0.6) is 11.5 Å². The summed E-state index contributed by atoms with van der Waals surface area (Å²) in [6.07, 6.45) is 12.7. The highest BCUT2D eigenvalue weighted by Crippen LogP contribution is 2.39. The lowest BCUT2D eigenvalue weighted by molar-refractivity contribution is -0.123. The number of amides is 2. The molecule has 0 radical (unpaired) electrons. The molecule has 0 aromatic heterocycles. The van der Waals surface area contributed by atoms with Gasteiger partial charge in [-0.25, -0.2) is 0 Å². The van der Waals surface area contributed by atoms with Crippen molar-refractivity contribution in [3.8, 4) is 23.8 Å². The van der Waals surface area contributed by atoms with Crippen LogP contribution in [-0.4, -0.2) is 35.8 Å². The number of imide groups is 1. The van der Waals surface area contributed by atoms with E-state index < -0.39 is 0 Å². The average Bonchev–Trinajstić information content (AvgIpc) is 2.96. The van der Waals surface area contributed by atoms with E-state index in [1.165, 1.54) is 24.2 Å². The van der Waals surface area contributed by atoms with Gasteiger partial charge in [-0.1, -0.05) is 36.8 Å². The molecule has 1 aliphatic heterocycles. The molecule has 1 heterocycles. The van der Waals surface area contributed by atoms with Crippen molar-refractivity contribution in [3.63, 3.8) is 0 Å². The predicted octanol–water partition coefficient (Wildman–Crippen LogP) is 5.37. The molecule has 0 atom stereocenters. The molecule has 0 bridgehead atoms. The Labute approximate surface area is 180 Å². The van der Waals surface area contributed by atoms with Crippen LogP contribution in [-0.2, 0) is 4.79 Å². The summed E-state index contributed by atoms with van der Waals surface area (Å²) < 4.78 is 11.1. The van der Waals surface area contributed by atoms with Crippen molar-refractivity contribution in [2.24, 2.45) is 5.92 Å². The molecule has 2 fully saturated rings. The quantitative estimate of drug-likeness (QED) is 0.427. The van der Waals surface area contributed by atoms with Gasteiger partial charge in [-0.15, -0.1) is 6.42 Å². The number of nitrogens with zero attached hydrogens (tertiary/aromatic N) is 1. The van der Waals surface area contributed by atoms with E-state index in [-0.39, 0.29) is 17.8 Å². The molecule has 0 N–H and O–H groups in total. The van der Waals surface area contributed by atoms with E-state index in [0.717, 1.165) is 24.6 Å². The van der Waals surface area contributed by atoms with Gasteiger partial charge >= 0.3 is 0 Å². The third-order valence-electron chi connectivity index (χ3n) is 4.97. The van der Waals surface area contributed by atoms with Crippen molar-refractivity contribution in [2.75, 3.05) is 19.8 Å². The molecule has 5 nitrogen and oxygen atoms in total. The van der Waals surface area contributed by atoms with E-state index in [9.17, 15) is 9.59 Å². The Balaban J connectivity index is 1.81. The van der Waals surface area contributed by atoms with Gasteiger partial charge < -0.3 is 9.47 Å². The van der Waals surface area contributed by atoms with Crippen molar-refractivity contribution >= 4 is 40.6 Å². The number of carbonyl (C=O) groups is 2. The van der Waals surface area contributed by atoms with Crippen LogP contribution >= 0.6 is 23.4 Å². The van der Waals surface area contributed by atoms with Gasteiger partial charge in [0.2, 0.25) is 0 Å². The van der Waals surface area contributed by atoms with E-state index in [1.54, 1.807) is 18.2 Å². The second-order valence-electron chi connectivity index (χ2n) is 7.05. The number of rotatable bonds is 7. The summed E-state index contributed by atoms with van der Waals surface area (Å²) in [7, 11) is 0. The van der Waals surface area contributed by atoms with Gasteiger partial charge in [-0.3, -0.25) is 14.5 Å². The molecule has 0 unspecified atom stereocenters. The minimum atomic E-state index is -0.243. The van der Waals surface area contributed by atoms with Gasteiger partial charge in [0.15, 0.2) is 11.5 Å². The Kier molecular flexibility index (Phi) is 7.51. The van der Waals surface area contributed by atoms with E-state index in [0.29, 0.717) is 46.1 Å². The second-order valence-corrected chi connectivity index (χ2v) is 8.45. The predicted molar refractivity (Wildman–Crippen MR) is 116 cm³/mol. The summed E-state index contributed by atoms with van der Waals surface area (Å²) in [6, 6.07) is 3.40. The minimum Gasteiger partial charge on any atom is -0.490 e. The number of hydrogen-bond acceptors (Lipinski definition) is 5. The molecule has 29 heavy (non-hydrogen) atoms. The van der Waals surface area contributed by atoms with Crippen LogP contribution in [0, 0.1) is 18.3 Å². The fourth-order valence-electron chi connectivity index (χ4n) is 3.62. The third-order valence-corrected chi connectivity index (χ3v) is 6.16. The Morgan fingerprint density at radius 1 is 1.28 bits per heavy atom. The first-order chi connectivity index (χ1) is 14.0. The summed E-state index contributed by atoms with van der Waals surface area (Å²) in [5.74, 6) is 3.37. The van der Waals surface area contributed by atoms with Crippen LogP contribution < -0.4 is 9.47 Å². The largest absolute Gasteiger partial charge is 0.490 e. The molecule has 2 amide bonds. The Bertz CT molecular complexity index is 855. The number of thioether (sulfide) groups is 1. The molecule has 154 valence electrons. The minimum absolute atomic E-state index is 0.0686. The van der Waals surface area contributed by atoms with Crippen LogP contribution in [0.15, 0.2) is 17.0 Å². The maximum absolute atomic E-state index is 12.8. The van der Waals surface area contributed by atoms with Gasteiger partial charge in [0.1, 0.15) is 6.61 Å². The highest BCUT2D eigenvalue weighted by molar-refractivity contribution is 8.18. The monoisotopic (exact) mass is 433 g/mol. The highest BCUT2D eigenvalue weighted by atomic mass is 35.5. The normalized spacial score (nSPS) is 18.9. The molecule has 7 heteroatoms. The number of carbonyl (C=O) groups excluding carboxylic acids is 2. The number of hydrogen-bond donors (Lipinski definition) is 0. The molecule has 1 aliphatic carbocycles. The zero-order chi connectivity index (χ0) is 20.8. The molecular formula is C22H24ClNO4S. The van der Waals surface area contributed by atoms with Crippen molar-refractivity contribution in [3.05, 3.63) is 27.6 Å². The summed E-state index contributed by atoms with van der Waals surface area (Å²) >= 11 is 7.31. The number of terminal acetylenes is 1. The lowest BCUT2D eigenvalue weighted by Crippen LogP contribution is -2.34. The summed E-state index contributed by atoms with van der Waals surface area (Å²) in [5, 5.41) is 0.121. The second kappa shape index (κ2) is 10.1. The maximum Gasteiger partial charge on any atom is 0.293 e. The van der Waals surface area contributed by atoms with Crippen LogP contribution in [0.1, 0.15) is 44.6 Å². The van der Waals surface area contributed by atoms with Gasteiger partial charge in [-0.2, -0.15) is 0 Å². The molecule has 0 spiro atoms. The third kappa shape index (κ3) is 5.29. The summed E-state index contributed by atoms with van der Waals surface area (Å²) in [4.78, 5) is 27.0. The van der Waals surface area contributed by atoms with Gasteiger partial charge in [-0.05, 0) is 61.2 Å². The summed E-state index contributed by atoms with van der Waals surface area (Å²) in [5.41, 5.74) is 0.662.